The summed E-state index contributed by atoms with van der Waals surface area (Å²) in [5.41, 5.74) is 0.666. The SMILES string of the molecule is N#C/C(=C/Nc1ccc(Oc2ccccc2)cc1)C(=O)NCCCCCC(=O)O. The summed E-state index contributed by atoms with van der Waals surface area (Å²) in [6.45, 7) is 0.392. The molecule has 2 aromatic carbocycles. The average molecular weight is 393 g/mol. The number of carbonyl (C=O) groups excluding carboxylic acids is 1. The quantitative estimate of drug-likeness (QED) is 0.302. The summed E-state index contributed by atoms with van der Waals surface area (Å²) in [6.07, 6.45) is 3.41. The molecule has 1 amide bonds. The highest BCUT2D eigenvalue weighted by Gasteiger charge is 2.08. The summed E-state index contributed by atoms with van der Waals surface area (Å²) in [5, 5.41) is 23.3. The molecule has 2 aromatic rings. The number of rotatable bonds is 11. The van der Waals surface area contributed by atoms with Gasteiger partial charge in [-0.2, -0.15) is 5.26 Å². The summed E-state index contributed by atoms with van der Waals surface area (Å²) in [5.74, 6) is 0.114. The van der Waals surface area contributed by atoms with Crippen LogP contribution in [0, 0.1) is 11.3 Å². The van der Waals surface area contributed by atoms with Gasteiger partial charge in [-0.05, 0) is 49.2 Å². The van der Waals surface area contributed by atoms with Crippen molar-refractivity contribution in [2.24, 2.45) is 0 Å². The minimum absolute atomic E-state index is 0.0415. The Hall–Kier alpha value is -3.79. The zero-order chi connectivity index (χ0) is 20.9. The number of nitriles is 1. The number of amides is 1. The lowest BCUT2D eigenvalue weighted by molar-refractivity contribution is -0.137. The van der Waals surface area contributed by atoms with Gasteiger partial charge < -0.3 is 20.5 Å². The molecule has 2 rings (SSSR count). The summed E-state index contributed by atoms with van der Waals surface area (Å²) in [6, 6.07) is 18.4. The van der Waals surface area contributed by atoms with Gasteiger partial charge in [0, 0.05) is 24.9 Å². The number of aliphatic carboxylic acids is 1. The highest BCUT2D eigenvalue weighted by atomic mass is 16.5. The van der Waals surface area contributed by atoms with E-state index in [-0.39, 0.29) is 12.0 Å². The Bertz CT molecular complexity index is 871. The first-order chi connectivity index (χ1) is 14.1. The molecule has 7 heteroatoms. The number of ether oxygens (including phenoxy) is 1. The lowest BCUT2D eigenvalue weighted by atomic mass is 10.2. The van der Waals surface area contributed by atoms with Crippen molar-refractivity contribution >= 4 is 17.6 Å². The molecule has 0 heterocycles. The molecule has 0 aliphatic rings. The number of nitrogens with one attached hydrogen (secondary N) is 2. The molecule has 0 aliphatic carbocycles. The van der Waals surface area contributed by atoms with Gasteiger partial charge in [-0.25, -0.2) is 0 Å². The third kappa shape index (κ3) is 8.18. The van der Waals surface area contributed by atoms with E-state index in [1.54, 1.807) is 24.3 Å². The van der Waals surface area contributed by atoms with E-state index in [0.29, 0.717) is 37.2 Å². The van der Waals surface area contributed by atoms with Crippen molar-refractivity contribution in [1.82, 2.24) is 5.32 Å². The Morgan fingerprint density at radius 1 is 1.00 bits per heavy atom. The lowest BCUT2D eigenvalue weighted by Crippen LogP contribution is -2.26. The van der Waals surface area contributed by atoms with E-state index in [1.165, 1.54) is 6.20 Å². The third-order valence-corrected chi connectivity index (χ3v) is 3.93. The number of hydrogen-bond donors (Lipinski definition) is 3. The van der Waals surface area contributed by atoms with Crippen LogP contribution in [0.1, 0.15) is 25.7 Å². The van der Waals surface area contributed by atoms with E-state index in [1.807, 2.05) is 36.4 Å². The second-order valence-corrected chi connectivity index (χ2v) is 6.21. The first kappa shape index (κ1) is 21.5. The molecule has 0 aromatic heterocycles. The highest BCUT2D eigenvalue weighted by molar-refractivity contribution is 5.97. The third-order valence-electron chi connectivity index (χ3n) is 3.93. The van der Waals surface area contributed by atoms with Crippen molar-refractivity contribution < 1.29 is 19.4 Å². The first-order valence-electron chi connectivity index (χ1n) is 9.28. The maximum absolute atomic E-state index is 12.0. The second-order valence-electron chi connectivity index (χ2n) is 6.21. The van der Waals surface area contributed by atoms with Gasteiger partial charge in [-0.3, -0.25) is 9.59 Å². The van der Waals surface area contributed by atoms with Gasteiger partial charge in [0.05, 0.1) is 0 Å². The molecule has 0 aliphatic heterocycles. The Kier molecular flexibility index (Phi) is 8.77. The van der Waals surface area contributed by atoms with Crippen molar-refractivity contribution in [1.29, 1.82) is 5.26 Å². The number of hydrogen-bond acceptors (Lipinski definition) is 5. The average Bonchev–Trinajstić information content (AvgIpc) is 2.73. The number of anilines is 1. The van der Waals surface area contributed by atoms with E-state index in [2.05, 4.69) is 10.6 Å². The van der Waals surface area contributed by atoms with Crippen LogP contribution in [0.2, 0.25) is 0 Å². The number of benzene rings is 2. The molecule has 0 unspecified atom stereocenters. The Labute approximate surface area is 169 Å². The molecule has 0 atom stereocenters. The van der Waals surface area contributed by atoms with Crippen LogP contribution in [-0.4, -0.2) is 23.5 Å². The van der Waals surface area contributed by atoms with E-state index < -0.39 is 11.9 Å². The number of carboxylic acids is 1. The Morgan fingerprint density at radius 3 is 2.34 bits per heavy atom. The predicted molar refractivity (Wildman–Crippen MR) is 109 cm³/mol. The summed E-state index contributed by atoms with van der Waals surface area (Å²) in [4.78, 5) is 22.5. The van der Waals surface area contributed by atoms with Crippen molar-refractivity contribution in [3.05, 3.63) is 66.4 Å². The number of unbranched alkanes of at least 4 members (excludes halogenated alkanes) is 2. The van der Waals surface area contributed by atoms with Crippen LogP contribution in [0.5, 0.6) is 11.5 Å². The van der Waals surface area contributed by atoms with E-state index in [0.717, 1.165) is 5.75 Å². The fourth-order valence-electron chi connectivity index (χ4n) is 2.42. The van der Waals surface area contributed by atoms with Crippen molar-refractivity contribution in [3.63, 3.8) is 0 Å². The predicted octanol–water partition coefficient (Wildman–Crippen LogP) is 4.06. The lowest BCUT2D eigenvalue weighted by Gasteiger charge is -2.07. The van der Waals surface area contributed by atoms with Gasteiger partial charge in [0.2, 0.25) is 0 Å². The molecular weight excluding hydrogens is 370 g/mol. The van der Waals surface area contributed by atoms with Gasteiger partial charge >= 0.3 is 5.97 Å². The molecule has 0 saturated heterocycles. The molecule has 29 heavy (non-hydrogen) atoms. The van der Waals surface area contributed by atoms with E-state index >= 15 is 0 Å². The van der Waals surface area contributed by atoms with Crippen molar-refractivity contribution in [2.75, 3.05) is 11.9 Å². The zero-order valence-electron chi connectivity index (χ0n) is 15.9. The maximum atomic E-state index is 12.0. The molecule has 0 bridgehead atoms. The topological polar surface area (TPSA) is 111 Å². The van der Waals surface area contributed by atoms with Gasteiger partial charge in [0.1, 0.15) is 23.1 Å². The molecule has 3 N–H and O–H groups in total. The fourth-order valence-corrected chi connectivity index (χ4v) is 2.42. The Morgan fingerprint density at radius 2 is 1.69 bits per heavy atom. The molecule has 150 valence electrons. The van der Waals surface area contributed by atoms with Crippen LogP contribution >= 0.6 is 0 Å². The summed E-state index contributed by atoms with van der Waals surface area (Å²) < 4.78 is 5.71. The summed E-state index contributed by atoms with van der Waals surface area (Å²) in [7, 11) is 0. The number of nitrogens with zero attached hydrogens (tertiary/aromatic N) is 1. The molecule has 0 spiro atoms. The number of carboxylic acid groups (broad SMARTS) is 1. The molecular formula is C22H23N3O4. The van der Waals surface area contributed by atoms with Gasteiger partial charge in [-0.1, -0.05) is 24.6 Å². The van der Waals surface area contributed by atoms with Crippen LogP contribution in [0.15, 0.2) is 66.4 Å². The highest BCUT2D eigenvalue weighted by Crippen LogP contribution is 2.22. The van der Waals surface area contributed by atoms with Gasteiger partial charge in [-0.15, -0.1) is 0 Å². The second kappa shape index (κ2) is 11.8. The Balaban J connectivity index is 1.79. The zero-order valence-corrected chi connectivity index (χ0v) is 15.9. The molecule has 7 nitrogen and oxygen atoms in total. The monoisotopic (exact) mass is 393 g/mol. The van der Waals surface area contributed by atoms with Gasteiger partial charge in [0.15, 0.2) is 0 Å². The van der Waals surface area contributed by atoms with Crippen LogP contribution in [0.3, 0.4) is 0 Å². The van der Waals surface area contributed by atoms with E-state index in [9.17, 15) is 14.9 Å². The van der Waals surface area contributed by atoms with Crippen LogP contribution in [-0.2, 0) is 9.59 Å². The van der Waals surface area contributed by atoms with Gasteiger partial charge in [0.25, 0.3) is 5.91 Å². The fraction of sp³-hybridized carbons (Fsp3) is 0.227. The molecule has 0 radical (unpaired) electrons. The normalized spacial score (nSPS) is 10.7. The number of carbonyl (C=O) groups is 2. The number of para-hydroxylation sites is 1. The minimum atomic E-state index is -0.825. The smallest absolute Gasteiger partial charge is 0.303 e. The molecule has 0 fully saturated rings. The van der Waals surface area contributed by atoms with E-state index in [4.69, 9.17) is 9.84 Å². The minimum Gasteiger partial charge on any atom is -0.481 e. The standard InChI is InChI=1S/C22H23N3O4/c23-15-17(22(28)24-14-6-2-5-9-21(26)27)16-25-18-10-12-20(13-11-18)29-19-7-3-1-4-8-19/h1,3-4,7-8,10-13,16,25H,2,5-6,9,14H2,(H,24,28)(H,26,27)/b17-16-. The largest absolute Gasteiger partial charge is 0.481 e. The van der Waals surface area contributed by atoms with Crippen molar-refractivity contribution in [2.45, 2.75) is 25.7 Å². The maximum Gasteiger partial charge on any atom is 0.303 e. The van der Waals surface area contributed by atoms with Crippen LogP contribution in [0.25, 0.3) is 0 Å². The van der Waals surface area contributed by atoms with Crippen molar-refractivity contribution in [3.8, 4) is 17.6 Å². The molecule has 0 saturated carbocycles. The van der Waals surface area contributed by atoms with Crippen LogP contribution in [0.4, 0.5) is 5.69 Å². The van der Waals surface area contributed by atoms with Crippen LogP contribution < -0.4 is 15.4 Å². The summed E-state index contributed by atoms with van der Waals surface area (Å²) >= 11 is 0. The first-order valence-corrected chi connectivity index (χ1v) is 9.28.